The predicted molar refractivity (Wildman–Crippen MR) is 255 cm³/mol. The Morgan fingerprint density at radius 1 is 0.410 bits per heavy atom. The lowest BCUT2D eigenvalue weighted by Gasteiger charge is -2.15. The highest BCUT2D eigenvalue weighted by Crippen LogP contribution is 2.47. The predicted octanol–water partition coefficient (Wildman–Crippen LogP) is 13.9. The van der Waals surface area contributed by atoms with E-state index in [1.807, 2.05) is 0 Å². The van der Waals surface area contributed by atoms with Crippen LogP contribution >= 0.6 is 11.3 Å². The molecule has 5 nitrogen and oxygen atoms in total. The van der Waals surface area contributed by atoms with Crippen molar-refractivity contribution in [2.24, 2.45) is 0 Å². The van der Waals surface area contributed by atoms with Crippen LogP contribution < -0.4 is 4.68 Å². The van der Waals surface area contributed by atoms with Gasteiger partial charge < -0.3 is 0 Å². The van der Waals surface area contributed by atoms with Crippen molar-refractivity contribution in [3.05, 3.63) is 194 Å². The lowest BCUT2D eigenvalue weighted by Crippen LogP contribution is -2.40. The van der Waals surface area contributed by atoms with Crippen LogP contribution in [0.3, 0.4) is 0 Å². The number of para-hydroxylation sites is 1. The Morgan fingerprint density at radius 2 is 1.05 bits per heavy atom. The van der Waals surface area contributed by atoms with Gasteiger partial charge in [-0.05, 0) is 56.6 Å². The van der Waals surface area contributed by atoms with Crippen molar-refractivity contribution in [1.82, 2.24) is 19.2 Å². The zero-order valence-corrected chi connectivity index (χ0v) is 33.4. The van der Waals surface area contributed by atoms with Crippen molar-refractivity contribution >= 4 is 118 Å². The normalized spacial score (nSPS) is 12.3. The van der Waals surface area contributed by atoms with Gasteiger partial charge in [-0.25, -0.2) is 9.97 Å². The Kier molecular flexibility index (Phi) is 6.65. The molecule has 0 N–H and O–H groups in total. The summed E-state index contributed by atoms with van der Waals surface area (Å²) in [5.74, 6) is 0.813. The summed E-state index contributed by atoms with van der Waals surface area (Å²) in [6.07, 6.45) is 4.21. The number of benzene rings is 9. The van der Waals surface area contributed by atoms with E-state index in [9.17, 15) is 0 Å². The quantitative estimate of drug-likeness (QED) is 0.132. The van der Waals surface area contributed by atoms with Gasteiger partial charge in [-0.15, -0.1) is 16.0 Å². The van der Waals surface area contributed by atoms with Gasteiger partial charge in [-0.1, -0.05) is 150 Å². The minimum atomic E-state index is 0.813. The lowest BCUT2D eigenvalue weighted by molar-refractivity contribution is -0.720. The fraction of sp³-hybridized carbons (Fsp3) is 0. The van der Waals surface area contributed by atoms with Crippen LogP contribution in [0, 0.1) is 0 Å². The summed E-state index contributed by atoms with van der Waals surface area (Å²) in [4.78, 5) is 12.5. The Morgan fingerprint density at radius 3 is 1.87 bits per heavy atom. The highest BCUT2D eigenvalue weighted by atomic mass is 32.1. The number of rotatable bonds is 3. The number of pyridine rings is 1. The molecule has 0 saturated carbocycles. The average molecular weight is 795 g/mol. The maximum Gasteiger partial charge on any atom is 0.200 e. The Bertz CT molecular complexity index is 4140. The van der Waals surface area contributed by atoms with Gasteiger partial charge >= 0.3 is 0 Å². The number of hydrogen-bond acceptors (Lipinski definition) is 3. The van der Waals surface area contributed by atoms with Gasteiger partial charge in [0.25, 0.3) is 0 Å². The van der Waals surface area contributed by atoms with Crippen molar-refractivity contribution in [2.75, 3.05) is 0 Å². The van der Waals surface area contributed by atoms with Gasteiger partial charge in [0.2, 0.25) is 12.4 Å². The summed E-state index contributed by atoms with van der Waals surface area (Å²) in [5, 5.41) is 15.7. The van der Waals surface area contributed by atoms with Gasteiger partial charge in [-0.2, -0.15) is 0 Å². The van der Waals surface area contributed by atoms with E-state index in [-0.39, 0.29) is 0 Å². The third kappa shape index (κ3) is 4.46. The minimum absolute atomic E-state index is 0.813. The van der Waals surface area contributed by atoms with Gasteiger partial charge in [0, 0.05) is 60.1 Å². The maximum absolute atomic E-state index is 5.83. The molecule has 0 aliphatic carbocycles. The molecular formula is C55H32N5S+. The summed E-state index contributed by atoms with van der Waals surface area (Å²) in [6, 6.07) is 65.9. The molecule has 0 radical (unpaired) electrons. The summed E-state index contributed by atoms with van der Waals surface area (Å²) in [5.41, 5.74) is 7.24. The van der Waals surface area contributed by atoms with Crippen LogP contribution in [0.15, 0.2) is 194 Å². The van der Waals surface area contributed by atoms with Crippen molar-refractivity contribution < 1.29 is 4.68 Å². The number of aromatic nitrogens is 5. The third-order valence-corrected chi connectivity index (χ3v) is 13.8. The van der Waals surface area contributed by atoms with E-state index >= 15 is 0 Å². The van der Waals surface area contributed by atoms with Crippen LogP contribution in [0.5, 0.6) is 0 Å². The first-order valence-corrected chi connectivity index (χ1v) is 21.5. The molecular weight excluding hydrogens is 763 g/mol. The molecule has 5 aromatic heterocycles. The molecule has 0 atom stereocenters. The maximum atomic E-state index is 5.83. The highest BCUT2D eigenvalue weighted by Gasteiger charge is 2.27. The molecule has 0 bridgehead atoms. The molecule has 14 aromatic rings. The monoisotopic (exact) mass is 794 g/mol. The average Bonchev–Trinajstić information content (AvgIpc) is 3.99. The number of hydrogen-bond donors (Lipinski definition) is 0. The minimum Gasteiger partial charge on any atom is -0.291 e. The lowest BCUT2D eigenvalue weighted by atomic mass is 9.91. The van der Waals surface area contributed by atoms with E-state index in [1.54, 1.807) is 11.3 Å². The first-order chi connectivity index (χ1) is 30.3. The molecule has 61 heavy (non-hydrogen) atoms. The van der Waals surface area contributed by atoms with Crippen LogP contribution in [-0.2, 0) is 0 Å². The number of nitrogens with zero attached hydrogens (tertiary/aromatic N) is 5. The molecule has 0 amide bonds. The van der Waals surface area contributed by atoms with Gasteiger partial charge in [-0.3, -0.25) is 4.57 Å². The van der Waals surface area contributed by atoms with Crippen LogP contribution in [0.25, 0.3) is 124 Å². The van der Waals surface area contributed by atoms with Gasteiger partial charge in [0.15, 0.2) is 5.82 Å². The first kappa shape index (κ1) is 33.0. The molecule has 282 valence electrons. The standard InChI is InChI=1S/C55H32N5S/c1-12-31-58(32-13-1)60-44-24-10-8-21-40(44)48-42(23-14-25-46(48)60)51-54(56-52-41-22-9-11-26-47(41)61-55(52)57-51)59-45-30-29-39-37-19-5-4-17-35(37)36-18-6-7-20-38(36)49(39)50(45)43-28-27-33-15-2-3-16-34(33)53(43)59/h1-32H/q+1. The molecule has 0 unspecified atom stereocenters. The number of thiophene rings is 1. The van der Waals surface area contributed by atoms with E-state index in [1.165, 1.54) is 58.6 Å². The zero-order chi connectivity index (χ0) is 39.8. The summed E-state index contributed by atoms with van der Waals surface area (Å²) in [7, 11) is 0. The highest BCUT2D eigenvalue weighted by molar-refractivity contribution is 7.25. The topological polar surface area (TPSA) is 39.5 Å². The van der Waals surface area contributed by atoms with Crippen LogP contribution in [0.4, 0.5) is 0 Å². The first-order valence-electron chi connectivity index (χ1n) is 20.7. The summed E-state index contributed by atoms with van der Waals surface area (Å²) in [6.45, 7) is 0. The third-order valence-electron chi connectivity index (χ3n) is 12.8. The Balaban J connectivity index is 1.21. The second-order valence-electron chi connectivity index (χ2n) is 15.9. The van der Waals surface area contributed by atoms with E-state index in [4.69, 9.17) is 9.97 Å². The fourth-order valence-corrected chi connectivity index (χ4v) is 11.3. The molecule has 9 aromatic carbocycles. The molecule has 0 aliphatic heterocycles. The molecule has 14 rings (SSSR count). The summed E-state index contributed by atoms with van der Waals surface area (Å²) >= 11 is 1.71. The molecule has 5 heterocycles. The molecule has 0 spiro atoms. The van der Waals surface area contributed by atoms with Crippen LogP contribution in [-0.4, -0.2) is 19.2 Å². The molecule has 0 fully saturated rings. The smallest absolute Gasteiger partial charge is 0.200 e. The van der Waals surface area contributed by atoms with Crippen LogP contribution in [0.1, 0.15) is 0 Å². The van der Waals surface area contributed by atoms with E-state index in [2.05, 4.69) is 208 Å². The van der Waals surface area contributed by atoms with E-state index in [0.29, 0.717) is 0 Å². The van der Waals surface area contributed by atoms with Gasteiger partial charge in [0.05, 0.1) is 11.0 Å². The Labute approximate surface area is 352 Å². The van der Waals surface area contributed by atoms with Gasteiger partial charge in [0.1, 0.15) is 27.1 Å². The van der Waals surface area contributed by atoms with Crippen molar-refractivity contribution in [3.63, 3.8) is 0 Å². The SMILES string of the molecule is c1cc[n+](-n2c3ccccc3c3c(-c4nc5sc6ccccc6c5nc4-n4c5ccc6c7ccccc7c7ccccc7c6c5c5ccc6ccccc6c54)cccc32)cc1. The molecule has 0 saturated heterocycles. The zero-order valence-electron chi connectivity index (χ0n) is 32.6. The summed E-state index contributed by atoms with van der Waals surface area (Å²) < 4.78 is 8.07. The number of fused-ring (bicyclic) bond motifs is 18. The second-order valence-corrected chi connectivity index (χ2v) is 17.0. The molecule has 6 heteroatoms. The van der Waals surface area contributed by atoms with Crippen molar-refractivity contribution in [3.8, 4) is 17.1 Å². The Hall–Kier alpha value is -7.93. The van der Waals surface area contributed by atoms with Crippen molar-refractivity contribution in [2.45, 2.75) is 0 Å². The largest absolute Gasteiger partial charge is 0.291 e. The molecule has 0 aliphatic rings. The van der Waals surface area contributed by atoms with Crippen LogP contribution in [0.2, 0.25) is 0 Å². The second kappa shape index (κ2) is 12.3. The fourth-order valence-electron chi connectivity index (χ4n) is 10.3. The van der Waals surface area contributed by atoms with Crippen molar-refractivity contribution in [1.29, 1.82) is 0 Å². The van der Waals surface area contributed by atoms with E-state index in [0.717, 1.165) is 65.6 Å². The van der Waals surface area contributed by atoms with E-state index < -0.39 is 0 Å².